The Labute approximate surface area is 244 Å². The van der Waals surface area contributed by atoms with E-state index in [-0.39, 0.29) is 27.5 Å². The maximum absolute atomic E-state index is 13.0. The van der Waals surface area contributed by atoms with Gasteiger partial charge in [0.15, 0.2) is 11.5 Å². The highest BCUT2D eigenvalue weighted by Gasteiger charge is 2.29. The standard InChI is InChI=1S/C29H33ClN4O6S/c1-18-12-13-33-25(14-18)31-26(27(33)32-29(5,6)17-28(2,3)4)19-8-11-23(24(15-19)39-7)40-41(37,38)20-9-10-21(30)22(16-20)34(35)36/h8-16,32H,17H2,1-7H3. The molecule has 2 aromatic heterocycles. The van der Waals surface area contributed by atoms with E-state index < -0.39 is 25.6 Å². The minimum atomic E-state index is -4.45. The number of aromatic nitrogens is 2. The molecule has 0 aliphatic heterocycles. The van der Waals surface area contributed by atoms with Crippen molar-refractivity contribution in [1.82, 2.24) is 9.38 Å². The van der Waals surface area contributed by atoms with Gasteiger partial charge in [0.05, 0.1) is 12.0 Å². The van der Waals surface area contributed by atoms with Gasteiger partial charge in [-0.15, -0.1) is 0 Å². The van der Waals surface area contributed by atoms with Gasteiger partial charge in [-0.3, -0.25) is 14.5 Å². The summed E-state index contributed by atoms with van der Waals surface area (Å²) in [7, 11) is -3.05. The van der Waals surface area contributed by atoms with Crippen LogP contribution in [0.5, 0.6) is 11.5 Å². The lowest BCUT2D eigenvalue weighted by Crippen LogP contribution is -2.36. The molecule has 0 saturated heterocycles. The molecule has 0 aliphatic rings. The number of hydrogen-bond donors (Lipinski definition) is 1. The molecule has 41 heavy (non-hydrogen) atoms. The summed E-state index contributed by atoms with van der Waals surface area (Å²) in [5.41, 5.74) is 2.38. The highest BCUT2D eigenvalue weighted by atomic mass is 35.5. The van der Waals surface area contributed by atoms with Crippen LogP contribution >= 0.6 is 11.6 Å². The first-order valence-electron chi connectivity index (χ1n) is 12.8. The molecule has 0 spiro atoms. The van der Waals surface area contributed by atoms with Crippen molar-refractivity contribution in [2.75, 3.05) is 12.4 Å². The molecule has 0 fully saturated rings. The number of pyridine rings is 1. The molecular weight excluding hydrogens is 568 g/mol. The smallest absolute Gasteiger partial charge is 0.339 e. The van der Waals surface area contributed by atoms with Crippen molar-refractivity contribution in [3.05, 3.63) is 75.4 Å². The van der Waals surface area contributed by atoms with E-state index in [1.54, 1.807) is 12.1 Å². The third-order valence-corrected chi connectivity index (χ3v) is 7.80. The molecule has 4 aromatic rings. The lowest BCUT2D eigenvalue weighted by molar-refractivity contribution is -0.384. The van der Waals surface area contributed by atoms with E-state index in [1.807, 2.05) is 29.7 Å². The molecule has 0 radical (unpaired) electrons. The second kappa shape index (κ2) is 10.9. The molecule has 218 valence electrons. The van der Waals surface area contributed by atoms with Crippen LogP contribution in [0.3, 0.4) is 0 Å². The lowest BCUT2D eigenvalue weighted by atomic mass is 9.82. The molecule has 0 atom stereocenters. The first-order valence-corrected chi connectivity index (χ1v) is 14.6. The number of halogens is 1. The SMILES string of the molecule is COc1cc(-c2nc3cc(C)ccn3c2NC(C)(C)CC(C)(C)C)ccc1OS(=O)(=O)c1ccc(Cl)c([N+](=O)[O-])c1. The monoisotopic (exact) mass is 600 g/mol. The van der Waals surface area contributed by atoms with E-state index >= 15 is 0 Å². The average Bonchev–Trinajstić information content (AvgIpc) is 3.18. The number of nitro benzene ring substituents is 1. The number of benzene rings is 2. The molecule has 0 amide bonds. The van der Waals surface area contributed by atoms with E-state index in [9.17, 15) is 18.5 Å². The number of anilines is 1. The predicted octanol–water partition coefficient (Wildman–Crippen LogP) is 7.27. The molecule has 0 bridgehead atoms. The fraction of sp³-hybridized carbons (Fsp3) is 0.345. The first kappa shape index (κ1) is 30.1. The van der Waals surface area contributed by atoms with Crippen LogP contribution in [0.2, 0.25) is 5.02 Å². The van der Waals surface area contributed by atoms with Gasteiger partial charge < -0.3 is 14.2 Å². The van der Waals surface area contributed by atoms with Gasteiger partial charge >= 0.3 is 10.1 Å². The van der Waals surface area contributed by atoms with Crippen LogP contribution in [0.15, 0.2) is 59.6 Å². The highest BCUT2D eigenvalue weighted by Crippen LogP contribution is 2.39. The fourth-order valence-corrected chi connectivity index (χ4v) is 6.14. The lowest BCUT2D eigenvalue weighted by Gasteiger charge is -2.34. The van der Waals surface area contributed by atoms with Crippen LogP contribution in [0.1, 0.15) is 46.6 Å². The second-order valence-electron chi connectivity index (χ2n) is 11.8. The molecule has 2 heterocycles. The van der Waals surface area contributed by atoms with E-state index in [2.05, 4.69) is 39.9 Å². The number of nitrogens with one attached hydrogen (secondary N) is 1. The predicted molar refractivity (Wildman–Crippen MR) is 160 cm³/mol. The molecular formula is C29H33ClN4O6S. The quantitative estimate of drug-likeness (QED) is 0.121. The van der Waals surface area contributed by atoms with Crippen molar-refractivity contribution in [2.45, 2.75) is 58.4 Å². The molecule has 0 aliphatic carbocycles. The number of aryl methyl sites for hydroxylation is 1. The number of fused-ring (bicyclic) bond motifs is 1. The summed E-state index contributed by atoms with van der Waals surface area (Å²) in [5, 5.41) is 14.7. The Kier molecular flexibility index (Phi) is 7.99. The third kappa shape index (κ3) is 6.74. The summed E-state index contributed by atoms with van der Waals surface area (Å²) in [5.74, 6) is 0.838. The number of nitrogens with zero attached hydrogens (tertiary/aromatic N) is 3. The molecule has 4 rings (SSSR count). The molecule has 10 nitrogen and oxygen atoms in total. The van der Waals surface area contributed by atoms with Gasteiger partial charge in [-0.05, 0) is 80.6 Å². The third-order valence-electron chi connectivity index (χ3n) is 6.25. The second-order valence-corrected chi connectivity index (χ2v) is 13.7. The maximum Gasteiger partial charge on any atom is 0.339 e. The molecule has 0 saturated carbocycles. The minimum Gasteiger partial charge on any atom is -0.493 e. The van der Waals surface area contributed by atoms with Gasteiger partial charge in [-0.25, -0.2) is 4.98 Å². The van der Waals surface area contributed by atoms with Gasteiger partial charge in [0.2, 0.25) is 0 Å². The van der Waals surface area contributed by atoms with Crippen LogP contribution < -0.4 is 14.2 Å². The van der Waals surface area contributed by atoms with Crippen LogP contribution in [-0.4, -0.2) is 35.4 Å². The van der Waals surface area contributed by atoms with Crippen molar-refractivity contribution in [1.29, 1.82) is 0 Å². The Balaban J connectivity index is 1.76. The minimum absolute atomic E-state index is 0.0754. The van der Waals surface area contributed by atoms with Crippen LogP contribution in [0.4, 0.5) is 11.5 Å². The van der Waals surface area contributed by atoms with Gasteiger partial charge in [0, 0.05) is 23.4 Å². The van der Waals surface area contributed by atoms with E-state index in [4.69, 9.17) is 25.5 Å². The molecule has 1 N–H and O–H groups in total. The Morgan fingerprint density at radius 2 is 1.76 bits per heavy atom. The van der Waals surface area contributed by atoms with Gasteiger partial charge in [-0.1, -0.05) is 32.4 Å². The summed E-state index contributed by atoms with van der Waals surface area (Å²) >= 11 is 5.84. The number of ether oxygens (including phenoxy) is 1. The number of imidazole rings is 1. The van der Waals surface area contributed by atoms with Crippen molar-refractivity contribution < 1.29 is 22.3 Å². The largest absolute Gasteiger partial charge is 0.493 e. The number of methoxy groups -OCH3 is 1. The van der Waals surface area contributed by atoms with Gasteiger partial charge in [0.25, 0.3) is 5.69 Å². The normalized spacial score (nSPS) is 12.4. The number of rotatable bonds is 9. The van der Waals surface area contributed by atoms with Crippen molar-refractivity contribution in [3.63, 3.8) is 0 Å². The molecule has 12 heteroatoms. The Hall–Kier alpha value is -3.83. The zero-order valence-corrected chi connectivity index (χ0v) is 25.6. The summed E-state index contributed by atoms with van der Waals surface area (Å²) in [6.45, 7) is 12.8. The van der Waals surface area contributed by atoms with E-state index in [1.165, 1.54) is 13.2 Å². The summed E-state index contributed by atoms with van der Waals surface area (Å²) < 4.78 is 38.9. The topological polar surface area (TPSA) is 125 Å². The van der Waals surface area contributed by atoms with Crippen LogP contribution in [0, 0.1) is 22.5 Å². The van der Waals surface area contributed by atoms with Crippen molar-refractivity contribution >= 4 is 38.9 Å². The highest BCUT2D eigenvalue weighted by molar-refractivity contribution is 7.87. The van der Waals surface area contributed by atoms with Crippen LogP contribution in [-0.2, 0) is 10.1 Å². The fourth-order valence-electron chi connectivity index (χ4n) is 5.00. The average molecular weight is 601 g/mol. The first-order chi connectivity index (χ1) is 19.0. The van der Waals surface area contributed by atoms with Crippen molar-refractivity contribution in [2.24, 2.45) is 5.41 Å². The zero-order valence-electron chi connectivity index (χ0n) is 24.0. The Morgan fingerprint density at radius 1 is 1.05 bits per heavy atom. The van der Waals surface area contributed by atoms with Gasteiger partial charge in [-0.2, -0.15) is 8.42 Å². The van der Waals surface area contributed by atoms with E-state index in [0.717, 1.165) is 41.6 Å². The van der Waals surface area contributed by atoms with Gasteiger partial charge in [0.1, 0.15) is 27.1 Å². The Morgan fingerprint density at radius 3 is 2.39 bits per heavy atom. The Bertz CT molecular complexity index is 1740. The summed E-state index contributed by atoms with van der Waals surface area (Å²) in [6, 6.07) is 11.9. The maximum atomic E-state index is 13.0. The molecule has 2 aromatic carbocycles. The number of hydrogen-bond acceptors (Lipinski definition) is 8. The summed E-state index contributed by atoms with van der Waals surface area (Å²) in [6.07, 6.45) is 2.85. The number of nitro groups is 1. The zero-order chi connectivity index (χ0) is 30.3. The van der Waals surface area contributed by atoms with Crippen LogP contribution in [0.25, 0.3) is 16.9 Å². The van der Waals surface area contributed by atoms with Crippen molar-refractivity contribution in [3.8, 4) is 22.8 Å². The molecule has 0 unspecified atom stereocenters. The summed E-state index contributed by atoms with van der Waals surface area (Å²) in [4.78, 5) is 15.0. The van der Waals surface area contributed by atoms with E-state index in [0.29, 0.717) is 11.3 Å².